The second-order valence-corrected chi connectivity index (χ2v) is 16.7. The third-order valence-electron chi connectivity index (χ3n) is 11.6. The first-order chi connectivity index (χ1) is 29.3. The van der Waals surface area contributed by atoms with Crippen LogP contribution in [0, 0.1) is 0 Å². The smallest absolute Gasteiger partial charge is 0.224 e. The Morgan fingerprint density at radius 2 is 0.867 bits per heavy atom. The Labute approximate surface area is 361 Å². The van der Waals surface area contributed by atoms with E-state index in [-0.39, 0.29) is 11.8 Å². The summed E-state index contributed by atoms with van der Waals surface area (Å²) < 4.78 is 0. The predicted molar refractivity (Wildman–Crippen MR) is 249 cm³/mol. The summed E-state index contributed by atoms with van der Waals surface area (Å²) in [5.41, 5.74) is 4.51. The molecule has 4 rings (SSSR count). The minimum Gasteiger partial charge on any atom is -0.387 e. The van der Waals surface area contributed by atoms with Crippen molar-refractivity contribution in [3.05, 3.63) is 72.1 Å². The monoisotopic (exact) mass is 825 g/mol. The van der Waals surface area contributed by atoms with Gasteiger partial charge in [0.2, 0.25) is 11.8 Å². The lowest BCUT2D eigenvalue weighted by molar-refractivity contribution is -0.117. The molecule has 2 amide bonds. The van der Waals surface area contributed by atoms with Crippen molar-refractivity contribution < 1.29 is 19.8 Å². The van der Waals surface area contributed by atoms with Gasteiger partial charge >= 0.3 is 0 Å². The maximum Gasteiger partial charge on any atom is 0.224 e. The van der Waals surface area contributed by atoms with Gasteiger partial charge in [0.15, 0.2) is 0 Å². The number of anilines is 2. The van der Waals surface area contributed by atoms with Crippen LogP contribution < -0.4 is 10.6 Å². The van der Waals surface area contributed by atoms with Gasteiger partial charge in [-0.2, -0.15) is 0 Å². The van der Waals surface area contributed by atoms with E-state index in [1.54, 1.807) is 12.4 Å². The Balaban J connectivity index is 1.13. The summed E-state index contributed by atoms with van der Waals surface area (Å²) in [5, 5.41) is 30.5. The molecular formula is C50H76N6O4. The van der Waals surface area contributed by atoms with Gasteiger partial charge < -0.3 is 30.6 Å². The number of carbonyl (C=O) groups excluding carboxylic acids is 2. The topological polar surface area (TPSA) is 131 Å². The van der Waals surface area contributed by atoms with Crippen molar-refractivity contribution in [1.29, 1.82) is 0 Å². The van der Waals surface area contributed by atoms with E-state index in [4.69, 9.17) is 0 Å². The average molecular weight is 825 g/mol. The summed E-state index contributed by atoms with van der Waals surface area (Å²) >= 11 is 0. The fourth-order valence-electron chi connectivity index (χ4n) is 8.04. The fraction of sp³-hybridized carbons (Fsp3) is 0.600. The number of nitrogens with one attached hydrogen (secondary N) is 2. The first-order valence-corrected chi connectivity index (χ1v) is 23.4. The third kappa shape index (κ3) is 16.1. The molecule has 0 aliphatic heterocycles. The van der Waals surface area contributed by atoms with Gasteiger partial charge in [-0.25, -0.2) is 0 Å². The number of aliphatic hydroxyl groups excluding tert-OH is 2. The zero-order valence-corrected chi connectivity index (χ0v) is 37.4. The lowest BCUT2D eigenvalue weighted by Crippen LogP contribution is -2.30. The summed E-state index contributed by atoms with van der Waals surface area (Å²) in [6, 6.07) is 15.4. The van der Waals surface area contributed by atoms with Crippen molar-refractivity contribution in [2.75, 3.05) is 49.9 Å². The number of pyridine rings is 2. The molecule has 0 spiro atoms. The second-order valence-electron chi connectivity index (χ2n) is 16.7. The summed E-state index contributed by atoms with van der Waals surface area (Å²) in [7, 11) is 0. The van der Waals surface area contributed by atoms with Crippen LogP contribution in [-0.2, 0) is 9.59 Å². The van der Waals surface area contributed by atoms with E-state index in [0.717, 1.165) is 151 Å². The first-order valence-electron chi connectivity index (χ1n) is 23.4. The van der Waals surface area contributed by atoms with E-state index in [1.165, 1.54) is 0 Å². The molecule has 0 saturated heterocycles. The second kappa shape index (κ2) is 27.8. The van der Waals surface area contributed by atoms with Gasteiger partial charge in [-0.15, -0.1) is 0 Å². The fourth-order valence-corrected chi connectivity index (χ4v) is 8.04. The van der Waals surface area contributed by atoms with E-state index < -0.39 is 12.2 Å². The van der Waals surface area contributed by atoms with Gasteiger partial charge in [-0.05, 0) is 100 Å². The van der Waals surface area contributed by atoms with E-state index >= 15 is 0 Å². The Hall–Kier alpha value is -3.96. The Morgan fingerprint density at radius 3 is 1.22 bits per heavy atom. The number of hydrogen-bond donors (Lipinski definition) is 4. The van der Waals surface area contributed by atoms with Gasteiger partial charge in [0, 0.05) is 49.1 Å². The van der Waals surface area contributed by atoms with Crippen molar-refractivity contribution in [3.8, 4) is 0 Å². The molecule has 2 aromatic carbocycles. The standard InChI is InChI=1S/C50H76N6O4/c1-5-9-33-55(34-10-6-2)37-45(57)39-29-31-51-49-41(39)23-21-25-43(49)53-47(59)27-19-17-15-13-14-16-18-20-28-48(60)54-44-26-22-24-42-40(30-32-52-50(42)44)46(58)38-56(35-11-7-3)36-12-8-4/h21-26,29-32,45-46,57-58H,5-20,27-28,33-38H2,1-4H3,(H,53,59)(H,54,60). The highest BCUT2D eigenvalue weighted by atomic mass is 16.3. The number of para-hydroxylation sites is 2. The molecule has 4 aromatic rings. The number of aromatic nitrogens is 2. The van der Waals surface area contributed by atoms with Crippen molar-refractivity contribution in [3.63, 3.8) is 0 Å². The number of nitrogens with zero attached hydrogens (tertiary/aromatic N) is 4. The largest absolute Gasteiger partial charge is 0.387 e. The molecule has 2 atom stereocenters. The maximum absolute atomic E-state index is 13.0. The predicted octanol–water partition coefficient (Wildman–Crippen LogP) is 11.1. The molecule has 330 valence electrons. The van der Waals surface area contributed by atoms with E-state index in [2.05, 4.69) is 58.1 Å². The Bertz CT molecular complexity index is 1700. The molecule has 0 aliphatic rings. The van der Waals surface area contributed by atoms with Crippen LogP contribution in [-0.4, -0.2) is 81.1 Å². The SMILES string of the molecule is CCCCN(CCCC)CC(O)c1ccnc2c(NC(=O)CCCCCCCCCCC(=O)Nc3cccc4c(C(O)CN(CCCC)CCCC)ccnc34)cccc12. The van der Waals surface area contributed by atoms with Crippen LogP contribution >= 0.6 is 0 Å². The van der Waals surface area contributed by atoms with Gasteiger partial charge in [-0.3, -0.25) is 19.6 Å². The van der Waals surface area contributed by atoms with Crippen molar-refractivity contribution >= 4 is 45.0 Å². The zero-order valence-electron chi connectivity index (χ0n) is 37.4. The number of amides is 2. The molecule has 10 nitrogen and oxygen atoms in total. The van der Waals surface area contributed by atoms with Crippen molar-refractivity contribution in [2.45, 2.75) is 155 Å². The van der Waals surface area contributed by atoms with Crippen LogP contribution in [0.4, 0.5) is 11.4 Å². The molecule has 2 unspecified atom stereocenters. The number of benzene rings is 2. The van der Waals surface area contributed by atoms with Crippen LogP contribution in [0.3, 0.4) is 0 Å². The molecule has 2 aromatic heterocycles. The zero-order chi connectivity index (χ0) is 43.0. The number of rotatable bonds is 31. The summed E-state index contributed by atoms with van der Waals surface area (Å²) in [5.74, 6) is -0.0220. The van der Waals surface area contributed by atoms with Crippen LogP contribution in [0.1, 0.15) is 167 Å². The number of fused-ring (bicyclic) bond motifs is 2. The lowest BCUT2D eigenvalue weighted by Gasteiger charge is -2.25. The number of hydrogen-bond acceptors (Lipinski definition) is 8. The van der Waals surface area contributed by atoms with Gasteiger partial charge in [0.1, 0.15) is 0 Å². The highest BCUT2D eigenvalue weighted by Gasteiger charge is 2.19. The van der Waals surface area contributed by atoms with Crippen molar-refractivity contribution in [1.82, 2.24) is 19.8 Å². The van der Waals surface area contributed by atoms with Crippen LogP contribution in [0.2, 0.25) is 0 Å². The molecule has 0 radical (unpaired) electrons. The van der Waals surface area contributed by atoms with Gasteiger partial charge in [-0.1, -0.05) is 116 Å². The molecule has 10 heteroatoms. The molecule has 0 saturated carbocycles. The molecule has 0 fully saturated rings. The van der Waals surface area contributed by atoms with Gasteiger partial charge in [0.05, 0.1) is 34.6 Å². The molecule has 0 aliphatic carbocycles. The molecular weight excluding hydrogens is 749 g/mol. The third-order valence-corrected chi connectivity index (χ3v) is 11.6. The minimum atomic E-state index is -0.628. The quantitative estimate of drug-likeness (QED) is 0.0369. The highest BCUT2D eigenvalue weighted by Crippen LogP contribution is 2.30. The van der Waals surface area contributed by atoms with E-state index in [0.29, 0.717) is 48.3 Å². The van der Waals surface area contributed by atoms with Crippen LogP contribution in [0.15, 0.2) is 60.9 Å². The summed E-state index contributed by atoms with van der Waals surface area (Å²) in [4.78, 5) is 39.8. The minimum absolute atomic E-state index is 0.0110. The molecule has 2 heterocycles. The summed E-state index contributed by atoms with van der Waals surface area (Å²) in [6.07, 6.45) is 20.2. The first kappa shape index (κ1) is 48.7. The average Bonchev–Trinajstić information content (AvgIpc) is 3.25. The van der Waals surface area contributed by atoms with E-state index in [1.807, 2.05) is 48.5 Å². The number of carbonyl (C=O) groups is 2. The summed E-state index contributed by atoms with van der Waals surface area (Å²) in [6.45, 7) is 13.9. The molecule has 60 heavy (non-hydrogen) atoms. The number of unbranched alkanes of at least 4 members (excludes halogenated alkanes) is 11. The Kier molecular flexibility index (Phi) is 22.6. The molecule has 4 N–H and O–H groups in total. The van der Waals surface area contributed by atoms with Crippen LogP contribution in [0.5, 0.6) is 0 Å². The number of aliphatic hydroxyl groups is 2. The maximum atomic E-state index is 13.0. The highest BCUT2D eigenvalue weighted by molar-refractivity contribution is 6.02. The van der Waals surface area contributed by atoms with Crippen LogP contribution in [0.25, 0.3) is 21.8 Å². The lowest BCUT2D eigenvalue weighted by atomic mass is 10.0. The molecule has 0 bridgehead atoms. The Morgan fingerprint density at radius 1 is 0.517 bits per heavy atom. The normalized spacial score (nSPS) is 12.7. The van der Waals surface area contributed by atoms with Gasteiger partial charge in [0.25, 0.3) is 0 Å². The van der Waals surface area contributed by atoms with E-state index in [9.17, 15) is 19.8 Å². The van der Waals surface area contributed by atoms with Crippen molar-refractivity contribution in [2.24, 2.45) is 0 Å².